The molecule has 0 aromatic carbocycles. The molecule has 8 heavy (non-hydrogen) atoms. The number of carbonyl (C=O) groups excluding carboxylic acids is 1. The lowest BCUT2D eigenvalue weighted by Gasteiger charge is -1.96. The average Bonchev–Trinajstić information content (AvgIpc) is 1.85. The smallest absolute Gasteiger partial charge is 0.333 e. The summed E-state index contributed by atoms with van der Waals surface area (Å²) in [4.78, 5) is 10.7. The molecule has 0 unspecified atom stereocenters. The summed E-state index contributed by atoms with van der Waals surface area (Å²) in [6, 6.07) is 0. The van der Waals surface area contributed by atoms with E-state index in [4.69, 9.17) is 4.11 Å². The predicted octanol–water partition coefficient (Wildman–Crippen LogP) is 1.13. The van der Waals surface area contributed by atoms with Crippen molar-refractivity contribution in [2.24, 2.45) is 0 Å². The van der Waals surface area contributed by atoms with Crippen LogP contribution in [0.4, 0.5) is 0 Å². The molecule has 2 nitrogen and oxygen atoms in total. The predicted molar refractivity (Wildman–Crippen MR) is 31.4 cm³/mol. The quantitative estimate of drug-likeness (QED) is 0.400. The summed E-state index contributed by atoms with van der Waals surface area (Å²) in [7, 11) is 0. The monoisotopic (exact) mass is 117 g/mol. The molecule has 0 atom stereocenters. The van der Waals surface area contributed by atoms with Gasteiger partial charge in [0, 0.05) is 9.69 Å². The zero-order valence-electron chi connectivity index (χ0n) is 7.73. The van der Waals surface area contributed by atoms with Crippen molar-refractivity contribution in [2.45, 2.75) is 13.8 Å². The highest BCUT2D eigenvalue weighted by atomic mass is 16.5. The highest BCUT2D eigenvalue weighted by Crippen LogP contribution is 1.89. The Morgan fingerprint density at radius 3 is 3.00 bits per heavy atom. The normalized spacial score (nSPS) is 15.4. The van der Waals surface area contributed by atoms with Gasteiger partial charge in [0.05, 0.1) is 6.61 Å². The van der Waals surface area contributed by atoms with Crippen molar-refractivity contribution in [3.8, 4) is 0 Å². The Balaban J connectivity index is 4.15. The minimum Gasteiger partial charge on any atom is -0.463 e. The first kappa shape index (κ1) is 3.28. The lowest BCUT2D eigenvalue weighted by molar-refractivity contribution is -0.138. The molecule has 0 aromatic rings. The highest BCUT2D eigenvalue weighted by Gasteiger charge is 1.98. The molecule has 0 radical (unpaired) electrons. The SMILES string of the molecule is [2H]C([2H])([2H])C(=C)C(=O)OCC. The van der Waals surface area contributed by atoms with Crippen LogP contribution in [-0.4, -0.2) is 12.6 Å². The van der Waals surface area contributed by atoms with Gasteiger partial charge in [0.1, 0.15) is 0 Å². The van der Waals surface area contributed by atoms with Crippen molar-refractivity contribution in [3.05, 3.63) is 12.2 Å². The summed E-state index contributed by atoms with van der Waals surface area (Å²) in [6.07, 6.45) is 0. The van der Waals surface area contributed by atoms with Crippen molar-refractivity contribution < 1.29 is 13.6 Å². The molecule has 0 saturated carbocycles. The first-order valence-corrected chi connectivity index (χ1v) is 2.26. The topological polar surface area (TPSA) is 26.3 Å². The minimum absolute atomic E-state index is 0.161. The highest BCUT2D eigenvalue weighted by molar-refractivity contribution is 5.86. The Bertz CT molecular complexity index is 171. The van der Waals surface area contributed by atoms with Crippen LogP contribution in [0.1, 0.15) is 17.9 Å². The van der Waals surface area contributed by atoms with Gasteiger partial charge in [-0.2, -0.15) is 0 Å². The number of hydrogen-bond donors (Lipinski definition) is 0. The molecule has 46 valence electrons. The summed E-state index contributed by atoms with van der Waals surface area (Å²) < 4.78 is 24.8. The Morgan fingerprint density at radius 1 is 2.00 bits per heavy atom. The lowest BCUT2D eigenvalue weighted by Crippen LogP contribution is -2.03. The molecule has 0 bridgehead atoms. The third-order valence-corrected chi connectivity index (χ3v) is 0.522. The van der Waals surface area contributed by atoms with E-state index in [1.807, 2.05) is 0 Å². The average molecular weight is 117 g/mol. The van der Waals surface area contributed by atoms with Crippen LogP contribution in [0, 0.1) is 0 Å². The fourth-order valence-corrected chi connectivity index (χ4v) is 0.218. The van der Waals surface area contributed by atoms with Crippen LogP contribution in [0.3, 0.4) is 0 Å². The number of rotatable bonds is 2. The lowest BCUT2D eigenvalue weighted by atomic mass is 10.4. The minimum atomic E-state index is -2.44. The Morgan fingerprint density at radius 2 is 2.62 bits per heavy atom. The first-order chi connectivity index (χ1) is 4.89. The number of ether oxygens (including phenoxy) is 1. The van der Waals surface area contributed by atoms with E-state index in [2.05, 4.69) is 11.3 Å². The van der Waals surface area contributed by atoms with Crippen molar-refractivity contribution in [1.29, 1.82) is 0 Å². The van der Waals surface area contributed by atoms with Crippen LogP contribution < -0.4 is 0 Å². The molecule has 0 heterocycles. The van der Waals surface area contributed by atoms with E-state index in [9.17, 15) is 4.79 Å². The Labute approximate surface area is 53.4 Å². The molecule has 0 aromatic heterocycles. The molecular formula is C6H10O2. The molecule has 0 aliphatic heterocycles. The van der Waals surface area contributed by atoms with E-state index in [0.717, 1.165) is 0 Å². The zero-order chi connectivity index (χ0) is 9.07. The molecule has 0 N–H and O–H groups in total. The van der Waals surface area contributed by atoms with Crippen LogP contribution in [-0.2, 0) is 9.53 Å². The van der Waals surface area contributed by atoms with Gasteiger partial charge in [0.15, 0.2) is 0 Å². The molecular weight excluding hydrogens is 104 g/mol. The van der Waals surface area contributed by atoms with Gasteiger partial charge in [0.25, 0.3) is 0 Å². The molecule has 0 fully saturated rings. The third kappa shape index (κ3) is 2.39. The molecule has 0 aliphatic carbocycles. The second-order valence-corrected chi connectivity index (χ2v) is 1.20. The van der Waals surface area contributed by atoms with E-state index in [1.165, 1.54) is 0 Å². The third-order valence-electron chi connectivity index (χ3n) is 0.522. The molecule has 0 amide bonds. The molecule has 0 saturated heterocycles. The summed E-state index contributed by atoms with van der Waals surface area (Å²) >= 11 is 0. The molecule has 0 rings (SSSR count). The van der Waals surface area contributed by atoms with Gasteiger partial charge in [-0.3, -0.25) is 0 Å². The van der Waals surface area contributed by atoms with Gasteiger partial charge in [-0.05, 0) is 13.8 Å². The van der Waals surface area contributed by atoms with Crippen LogP contribution in [0.15, 0.2) is 12.2 Å². The van der Waals surface area contributed by atoms with Crippen molar-refractivity contribution >= 4 is 5.97 Å². The number of esters is 1. The van der Waals surface area contributed by atoms with Gasteiger partial charge in [-0.25, -0.2) is 4.79 Å². The molecule has 0 spiro atoms. The van der Waals surface area contributed by atoms with Gasteiger partial charge < -0.3 is 4.74 Å². The molecule has 0 aliphatic rings. The molecule has 2 heteroatoms. The van der Waals surface area contributed by atoms with Gasteiger partial charge >= 0.3 is 5.97 Å². The fourth-order valence-electron chi connectivity index (χ4n) is 0.218. The van der Waals surface area contributed by atoms with Gasteiger partial charge in [-0.1, -0.05) is 6.58 Å². The van der Waals surface area contributed by atoms with E-state index >= 15 is 0 Å². The zero-order valence-corrected chi connectivity index (χ0v) is 4.73. The van der Waals surface area contributed by atoms with E-state index < -0.39 is 18.4 Å². The maximum atomic E-state index is 10.7. The summed E-state index contributed by atoms with van der Waals surface area (Å²) in [5, 5.41) is 0. The second kappa shape index (κ2) is 3.24. The van der Waals surface area contributed by atoms with E-state index in [1.54, 1.807) is 6.92 Å². The van der Waals surface area contributed by atoms with Crippen molar-refractivity contribution in [1.82, 2.24) is 0 Å². The summed E-state index contributed by atoms with van der Waals surface area (Å²) in [5.41, 5.74) is -0.473. The van der Waals surface area contributed by atoms with Crippen LogP contribution in [0.2, 0.25) is 0 Å². The number of carbonyl (C=O) groups is 1. The van der Waals surface area contributed by atoms with Crippen LogP contribution in [0.25, 0.3) is 0 Å². The van der Waals surface area contributed by atoms with Crippen molar-refractivity contribution in [3.63, 3.8) is 0 Å². The van der Waals surface area contributed by atoms with Crippen LogP contribution in [0.5, 0.6) is 0 Å². The van der Waals surface area contributed by atoms with Crippen molar-refractivity contribution in [2.75, 3.05) is 6.61 Å². The van der Waals surface area contributed by atoms with Gasteiger partial charge in [0.2, 0.25) is 0 Å². The van der Waals surface area contributed by atoms with E-state index in [-0.39, 0.29) is 6.61 Å². The van der Waals surface area contributed by atoms with Crippen LogP contribution >= 0.6 is 0 Å². The standard InChI is InChI=1S/C6H10O2/c1-4-8-6(7)5(2)3/h2,4H2,1,3H3/i3D3. The Hall–Kier alpha value is -0.790. The maximum absolute atomic E-state index is 10.7. The summed E-state index contributed by atoms with van der Waals surface area (Å²) in [6.45, 7) is 2.43. The van der Waals surface area contributed by atoms with Gasteiger partial charge in [-0.15, -0.1) is 0 Å². The first-order valence-electron chi connectivity index (χ1n) is 3.76. The maximum Gasteiger partial charge on any atom is 0.333 e. The Kier molecular flexibility index (Phi) is 1.33. The number of hydrogen-bond acceptors (Lipinski definition) is 2. The fraction of sp³-hybridized carbons (Fsp3) is 0.500. The second-order valence-electron chi connectivity index (χ2n) is 1.20. The summed E-state index contributed by atoms with van der Waals surface area (Å²) in [5.74, 6) is -0.854. The largest absolute Gasteiger partial charge is 0.463 e. The van der Waals surface area contributed by atoms with E-state index in [0.29, 0.717) is 0 Å².